The lowest BCUT2D eigenvalue weighted by Crippen LogP contribution is -2.41. The van der Waals surface area contributed by atoms with Crippen molar-refractivity contribution in [1.29, 1.82) is 0 Å². The summed E-state index contributed by atoms with van der Waals surface area (Å²) in [6.07, 6.45) is 1.69. The van der Waals surface area contributed by atoms with E-state index in [1.54, 1.807) is 11.8 Å². The minimum Gasteiger partial charge on any atom is -0.480 e. The van der Waals surface area contributed by atoms with E-state index in [0.29, 0.717) is 6.42 Å². The van der Waals surface area contributed by atoms with E-state index in [9.17, 15) is 14.7 Å². The molecule has 0 aromatic heterocycles. The van der Waals surface area contributed by atoms with Crippen LogP contribution in [0, 0.1) is 0 Å². The van der Waals surface area contributed by atoms with Crippen molar-refractivity contribution in [1.82, 2.24) is 4.90 Å². The minimum atomic E-state index is -1.02. The van der Waals surface area contributed by atoms with E-state index in [-0.39, 0.29) is 13.2 Å². The average molecular weight is 448 g/mol. The predicted octanol–water partition coefficient (Wildman–Crippen LogP) is 5.41. The number of carboxylic acid groups (broad SMARTS) is 1. The third-order valence-electron chi connectivity index (χ3n) is 5.96. The van der Waals surface area contributed by atoms with Crippen LogP contribution in [0.15, 0.2) is 84.9 Å². The van der Waals surface area contributed by atoms with Gasteiger partial charge in [0, 0.05) is 6.54 Å². The van der Waals surface area contributed by atoms with Crippen LogP contribution in [0.4, 0.5) is 4.79 Å². The first-order valence-electron chi connectivity index (χ1n) is 10.4. The molecule has 1 heterocycles. The number of nitrogens with zero attached hydrogens (tertiary/aromatic N) is 1. The quantitative estimate of drug-likeness (QED) is 0.547. The Hall–Kier alpha value is -3.25. The molecule has 1 N–H and O–H groups in total. The second-order valence-electron chi connectivity index (χ2n) is 7.87. The van der Waals surface area contributed by atoms with Crippen LogP contribution in [0.2, 0.25) is 0 Å². The number of thioether (sulfide) groups is 1. The van der Waals surface area contributed by atoms with Gasteiger partial charge in [-0.2, -0.15) is 11.8 Å². The number of likely N-dealkylation sites (tertiary alicyclic amines) is 1. The van der Waals surface area contributed by atoms with E-state index < -0.39 is 22.9 Å². The van der Waals surface area contributed by atoms with Crippen LogP contribution in [0.5, 0.6) is 0 Å². The fourth-order valence-corrected chi connectivity index (χ4v) is 5.12. The maximum absolute atomic E-state index is 12.8. The van der Waals surface area contributed by atoms with Gasteiger partial charge in [-0.25, -0.2) is 9.59 Å². The van der Waals surface area contributed by atoms with E-state index in [1.807, 2.05) is 66.9 Å². The molecular formula is C26H25NO4S. The smallest absolute Gasteiger partial charge is 0.410 e. The van der Waals surface area contributed by atoms with Crippen molar-refractivity contribution in [2.45, 2.75) is 23.8 Å². The number of aliphatic carboxylic acids is 1. The van der Waals surface area contributed by atoms with Gasteiger partial charge in [0.15, 0.2) is 0 Å². The topological polar surface area (TPSA) is 66.8 Å². The summed E-state index contributed by atoms with van der Waals surface area (Å²) < 4.78 is 4.95. The third-order valence-corrected chi connectivity index (χ3v) is 7.27. The van der Waals surface area contributed by atoms with Crippen LogP contribution >= 0.6 is 11.8 Å². The maximum atomic E-state index is 12.8. The molecule has 6 heteroatoms. The Labute approximate surface area is 192 Å². The molecule has 3 aromatic carbocycles. The van der Waals surface area contributed by atoms with E-state index >= 15 is 0 Å². The average Bonchev–Trinajstić information content (AvgIpc) is 3.26. The molecule has 5 nitrogen and oxygen atoms in total. The number of ether oxygens (including phenoxy) is 1. The Morgan fingerprint density at radius 2 is 1.56 bits per heavy atom. The van der Waals surface area contributed by atoms with Crippen LogP contribution in [-0.4, -0.2) is 40.9 Å². The van der Waals surface area contributed by atoms with Crippen LogP contribution in [-0.2, 0) is 20.9 Å². The molecular weight excluding hydrogens is 422 g/mol. The van der Waals surface area contributed by atoms with Crippen molar-refractivity contribution in [3.8, 4) is 11.1 Å². The Bertz CT molecular complexity index is 1070. The molecule has 32 heavy (non-hydrogen) atoms. The van der Waals surface area contributed by atoms with Crippen LogP contribution in [0.3, 0.4) is 0 Å². The highest BCUT2D eigenvalue weighted by Gasteiger charge is 2.50. The van der Waals surface area contributed by atoms with Crippen molar-refractivity contribution < 1.29 is 19.4 Å². The molecule has 0 aliphatic carbocycles. The van der Waals surface area contributed by atoms with E-state index in [2.05, 4.69) is 24.3 Å². The van der Waals surface area contributed by atoms with Crippen molar-refractivity contribution >= 4 is 23.8 Å². The first-order chi connectivity index (χ1) is 15.5. The monoisotopic (exact) mass is 447 g/mol. The highest BCUT2D eigenvalue weighted by Crippen LogP contribution is 2.46. The lowest BCUT2D eigenvalue weighted by atomic mass is 9.93. The standard InChI is InChI=1S/C26H25NO4S/c1-32-26(22-14-12-21(13-15-22)20-10-6-3-7-11-20)16-23(24(28)29)27(18-26)25(30)31-17-19-8-4-2-5-9-19/h2-15,23H,16-18H2,1H3,(H,28,29). The molecule has 164 valence electrons. The minimum absolute atomic E-state index is 0.112. The number of benzene rings is 3. The van der Waals surface area contributed by atoms with Gasteiger partial charge in [-0.05, 0) is 34.9 Å². The van der Waals surface area contributed by atoms with Gasteiger partial charge in [-0.1, -0.05) is 84.9 Å². The first-order valence-corrected chi connectivity index (χ1v) is 11.7. The molecule has 4 rings (SSSR count). The van der Waals surface area contributed by atoms with Gasteiger partial charge in [0.2, 0.25) is 0 Å². The zero-order chi connectivity index (χ0) is 22.6. The van der Waals surface area contributed by atoms with Gasteiger partial charge >= 0.3 is 12.1 Å². The Kier molecular flexibility index (Phi) is 6.51. The highest BCUT2D eigenvalue weighted by molar-refractivity contribution is 7.99. The Morgan fingerprint density at radius 3 is 2.16 bits per heavy atom. The van der Waals surface area contributed by atoms with Gasteiger partial charge in [0.05, 0.1) is 4.75 Å². The SMILES string of the molecule is CSC1(c2ccc(-c3ccccc3)cc2)CC(C(=O)O)N(C(=O)OCc2ccccc2)C1. The summed E-state index contributed by atoms with van der Waals surface area (Å²) in [5.74, 6) is -1.02. The van der Waals surface area contributed by atoms with Crippen molar-refractivity contribution in [2.24, 2.45) is 0 Å². The summed E-state index contributed by atoms with van der Waals surface area (Å²) in [5.41, 5.74) is 4.09. The number of rotatable bonds is 6. The molecule has 2 unspecified atom stereocenters. The Balaban J connectivity index is 1.55. The fourth-order valence-electron chi connectivity index (χ4n) is 4.16. The zero-order valence-electron chi connectivity index (χ0n) is 17.8. The molecule has 1 fully saturated rings. The second kappa shape index (κ2) is 9.49. The van der Waals surface area contributed by atoms with Gasteiger partial charge in [0.25, 0.3) is 0 Å². The molecule has 0 saturated carbocycles. The number of carbonyl (C=O) groups is 2. The molecule has 2 atom stereocenters. The molecule has 3 aromatic rings. The van der Waals surface area contributed by atoms with Gasteiger partial charge < -0.3 is 9.84 Å². The number of amides is 1. The summed E-state index contributed by atoms with van der Waals surface area (Å²) >= 11 is 1.58. The summed E-state index contributed by atoms with van der Waals surface area (Å²) in [7, 11) is 0. The summed E-state index contributed by atoms with van der Waals surface area (Å²) in [4.78, 5) is 26.2. The highest BCUT2D eigenvalue weighted by atomic mass is 32.2. The van der Waals surface area contributed by atoms with Crippen molar-refractivity contribution in [2.75, 3.05) is 12.8 Å². The Morgan fingerprint density at radius 1 is 0.969 bits per heavy atom. The normalized spacial score (nSPS) is 20.2. The lowest BCUT2D eigenvalue weighted by Gasteiger charge is -2.28. The predicted molar refractivity (Wildman–Crippen MR) is 126 cm³/mol. The largest absolute Gasteiger partial charge is 0.480 e. The molecule has 1 aliphatic rings. The summed E-state index contributed by atoms with van der Waals surface area (Å²) in [6.45, 7) is 0.393. The third kappa shape index (κ3) is 4.50. The van der Waals surface area contributed by atoms with E-state index in [4.69, 9.17) is 4.74 Å². The summed E-state index contributed by atoms with van der Waals surface area (Å²) in [6, 6.07) is 26.7. The van der Waals surface area contributed by atoms with Crippen LogP contribution in [0.25, 0.3) is 11.1 Å². The lowest BCUT2D eigenvalue weighted by molar-refractivity contribution is -0.141. The number of carboxylic acids is 1. The van der Waals surface area contributed by atoms with Crippen molar-refractivity contribution in [3.63, 3.8) is 0 Å². The number of carbonyl (C=O) groups excluding carboxylic acids is 1. The van der Waals surface area contributed by atoms with Gasteiger partial charge in [0.1, 0.15) is 12.6 Å². The van der Waals surface area contributed by atoms with Gasteiger partial charge in [-0.3, -0.25) is 4.90 Å². The van der Waals surface area contributed by atoms with Crippen LogP contribution in [0.1, 0.15) is 17.5 Å². The fraction of sp³-hybridized carbons (Fsp3) is 0.231. The molecule has 1 amide bonds. The maximum Gasteiger partial charge on any atom is 0.410 e. The number of hydrogen-bond donors (Lipinski definition) is 1. The van der Waals surface area contributed by atoms with Crippen LogP contribution < -0.4 is 0 Å². The summed E-state index contributed by atoms with van der Waals surface area (Å²) in [5, 5.41) is 9.83. The van der Waals surface area contributed by atoms with E-state index in [0.717, 1.165) is 22.3 Å². The molecule has 0 spiro atoms. The van der Waals surface area contributed by atoms with Gasteiger partial charge in [-0.15, -0.1) is 0 Å². The van der Waals surface area contributed by atoms with E-state index in [1.165, 1.54) is 4.90 Å². The molecule has 1 saturated heterocycles. The van der Waals surface area contributed by atoms with Crippen molar-refractivity contribution in [3.05, 3.63) is 96.1 Å². The second-order valence-corrected chi connectivity index (χ2v) is 9.06. The zero-order valence-corrected chi connectivity index (χ0v) is 18.6. The number of hydrogen-bond acceptors (Lipinski definition) is 4. The molecule has 1 aliphatic heterocycles. The molecule has 0 radical (unpaired) electrons. The molecule has 0 bridgehead atoms. The first kappa shape index (κ1) is 22.0.